The van der Waals surface area contributed by atoms with Crippen LogP contribution in [-0.4, -0.2) is 48.7 Å². The Labute approximate surface area is 151 Å². The number of rotatable bonds is 3. The Balaban J connectivity index is 1.87. The summed E-state index contributed by atoms with van der Waals surface area (Å²) in [6.45, 7) is 4.15. The van der Waals surface area contributed by atoms with E-state index in [2.05, 4.69) is 4.90 Å². The van der Waals surface area contributed by atoms with Crippen LogP contribution in [0.4, 0.5) is 5.69 Å². The molecule has 2 fully saturated rings. The molecule has 1 saturated carbocycles. The second-order valence-corrected chi connectivity index (χ2v) is 7.14. The van der Waals surface area contributed by atoms with Crippen molar-refractivity contribution < 1.29 is 14.4 Å². The molecule has 2 aliphatic rings. The number of piperazine rings is 1. The van der Waals surface area contributed by atoms with Crippen LogP contribution in [0.25, 0.3) is 0 Å². The number of nitrogens with zero attached hydrogens (tertiary/aromatic N) is 2. The lowest BCUT2D eigenvalue weighted by Crippen LogP contribution is -2.48. The molecule has 1 aromatic rings. The number of carbonyl (C=O) groups is 3. The van der Waals surface area contributed by atoms with Crippen LogP contribution in [0.2, 0.25) is 5.02 Å². The van der Waals surface area contributed by atoms with Crippen LogP contribution in [0.15, 0.2) is 18.2 Å². The van der Waals surface area contributed by atoms with Crippen molar-refractivity contribution in [1.82, 2.24) is 4.90 Å². The van der Waals surface area contributed by atoms with Crippen LogP contribution in [0.3, 0.4) is 0 Å². The van der Waals surface area contributed by atoms with Crippen molar-refractivity contribution in [3.8, 4) is 0 Å². The van der Waals surface area contributed by atoms with Gasteiger partial charge in [0.2, 0.25) is 11.8 Å². The molecule has 6 nitrogen and oxygen atoms in total. The molecule has 1 aliphatic carbocycles. The van der Waals surface area contributed by atoms with Gasteiger partial charge >= 0.3 is 0 Å². The molecular formula is C18H22ClN3O3. The van der Waals surface area contributed by atoms with E-state index in [-0.39, 0.29) is 24.0 Å². The molecule has 3 rings (SSSR count). The summed E-state index contributed by atoms with van der Waals surface area (Å²) >= 11 is 6.46. The maximum atomic E-state index is 12.5. The highest BCUT2D eigenvalue weighted by atomic mass is 35.5. The number of carbonyl (C=O) groups excluding carboxylic acids is 3. The monoisotopic (exact) mass is 363 g/mol. The molecule has 25 heavy (non-hydrogen) atoms. The van der Waals surface area contributed by atoms with Gasteiger partial charge in [-0.3, -0.25) is 14.4 Å². The van der Waals surface area contributed by atoms with Crippen molar-refractivity contribution in [2.75, 3.05) is 31.1 Å². The average molecular weight is 364 g/mol. The van der Waals surface area contributed by atoms with Crippen molar-refractivity contribution in [1.29, 1.82) is 0 Å². The van der Waals surface area contributed by atoms with Gasteiger partial charge in [-0.25, -0.2) is 0 Å². The zero-order valence-corrected chi connectivity index (χ0v) is 15.0. The van der Waals surface area contributed by atoms with E-state index in [4.69, 9.17) is 17.3 Å². The number of ketones is 1. The fourth-order valence-corrected chi connectivity index (χ4v) is 4.09. The van der Waals surface area contributed by atoms with Crippen molar-refractivity contribution >= 4 is 34.9 Å². The standard InChI is InChI=1S/C18H22ClN3O3/c1-11(23)21-5-7-22(8-6-21)17-13(3-2-4-15(17)19)14-9-12(18(20)25)10-16(14)24/h2-4,12,14H,5-10H2,1H3,(H2,20,25). The van der Waals surface area contributed by atoms with E-state index >= 15 is 0 Å². The lowest BCUT2D eigenvalue weighted by molar-refractivity contribution is -0.129. The number of hydrogen-bond donors (Lipinski definition) is 1. The number of amides is 2. The number of hydrogen-bond acceptors (Lipinski definition) is 4. The molecular weight excluding hydrogens is 342 g/mol. The molecule has 7 heteroatoms. The van der Waals surface area contributed by atoms with E-state index in [0.29, 0.717) is 37.6 Å². The predicted octanol–water partition coefficient (Wildman–Crippen LogP) is 1.56. The van der Waals surface area contributed by atoms with Gasteiger partial charge in [0.1, 0.15) is 5.78 Å². The predicted molar refractivity (Wildman–Crippen MR) is 95.6 cm³/mol. The highest BCUT2D eigenvalue weighted by Gasteiger charge is 2.38. The Morgan fingerprint density at radius 3 is 2.44 bits per heavy atom. The van der Waals surface area contributed by atoms with E-state index in [9.17, 15) is 14.4 Å². The lowest BCUT2D eigenvalue weighted by atomic mass is 9.93. The number of primary amides is 1. The SMILES string of the molecule is CC(=O)N1CCN(c2c(Cl)cccc2C2CC(C(N)=O)CC2=O)CC1. The molecule has 0 spiro atoms. The minimum atomic E-state index is -0.422. The summed E-state index contributed by atoms with van der Waals surface area (Å²) < 4.78 is 0. The molecule has 0 aromatic heterocycles. The summed E-state index contributed by atoms with van der Waals surface area (Å²) in [4.78, 5) is 39.4. The highest BCUT2D eigenvalue weighted by molar-refractivity contribution is 6.33. The first-order chi connectivity index (χ1) is 11.9. The largest absolute Gasteiger partial charge is 0.369 e. The molecule has 1 aromatic carbocycles. The van der Waals surface area contributed by atoms with Crippen molar-refractivity contribution in [3.63, 3.8) is 0 Å². The van der Waals surface area contributed by atoms with Crippen LogP contribution >= 0.6 is 11.6 Å². The zero-order valence-electron chi connectivity index (χ0n) is 14.2. The Morgan fingerprint density at radius 2 is 1.88 bits per heavy atom. The van der Waals surface area contributed by atoms with Crippen molar-refractivity contribution in [2.24, 2.45) is 11.7 Å². The van der Waals surface area contributed by atoms with E-state index in [1.54, 1.807) is 11.8 Å². The Morgan fingerprint density at radius 1 is 1.20 bits per heavy atom. The second kappa shape index (κ2) is 7.04. The maximum absolute atomic E-state index is 12.5. The molecule has 1 saturated heterocycles. The first-order valence-electron chi connectivity index (χ1n) is 8.49. The van der Waals surface area contributed by atoms with Gasteiger partial charge in [-0.1, -0.05) is 23.7 Å². The first kappa shape index (κ1) is 17.7. The molecule has 1 heterocycles. The first-order valence-corrected chi connectivity index (χ1v) is 8.87. The number of benzene rings is 1. The maximum Gasteiger partial charge on any atom is 0.221 e. The molecule has 2 unspecified atom stereocenters. The Bertz CT molecular complexity index is 714. The van der Waals surface area contributed by atoms with Gasteiger partial charge < -0.3 is 15.5 Å². The second-order valence-electron chi connectivity index (χ2n) is 6.73. The van der Waals surface area contributed by atoms with Crippen LogP contribution in [-0.2, 0) is 14.4 Å². The van der Waals surface area contributed by atoms with E-state index < -0.39 is 11.8 Å². The van der Waals surface area contributed by atoms with Crippen molar-refractivity contribution in [3.05, 3.63) is 28.8 Å². The fraction of sp³-hybridized carbons (Fsp3) is 0.500. The Kier molecular flexibility index (Phi) is 4.99. The molecule has 2 atom stereocenters. The van der Waals surface area contributed by atoms with Crippen molar-refractivity contribution in [2.45, 2.75) is 25.7 Å². The smallest absolute Gasteiger partial charge is 0.221 e. The number of anilines is 1. The topological polar surface area (TPSA) is 83.7 Å². The summed E-state index contributed by atoms with van der Waals surface area (Å²) in [6.07, 6.45) is 0.638. The number of nitrogens with two attached hydrogens (primary N) is 1. The number of para-hydroxylation sites is 1. The van der Waals surface area contributed by atoms with E-state index in [0.717, 1.165) is 11.3 Å². The van der Waals surface area contributed by atoms with Crippen LogP contribution in [0.1, 0.15) is 31.2 Å². The van der Waals surface area contributed by atoms with E-state index in [1.807, 2.05) is 18.2 Å². The molecule has 1 aliphatic heterocycles. The van der Waals surface area contributed by atoms with Gasteiger partial charge in [-0.2, -0.15) is 0 Å². The molecule has 134 valence electrons. The van der Waals surface area contributed by atoms with Gasteiger partial charge in [-0.05, 0) is 18.1 Å². The van der Waals surface area contributed by atoms with Gasteiger partial charge in [0.25, 0.3) is 0 Å². The van der Waals surface area contributed by atoms with Gasteiger partial charge in [0.05, 0.1) is 10.7 Å². The fourth-order valence-electron chi connectivity index (χ4n) is 3.79. The molecule has 2 amide bonds. The summed E-state index contributed by atoms with van der Waals surface area (Å²) in [5, 5.41) is 0.587. The minimum absolute atomic E-state index is 0.0367. The third-order valence-corrected chi connectivity index (χ3v) is 5.50. The number of Topliss-reactive ketones (excluding diaryl/α,β-unsaturated/α-hetero) is 1. The van der Waals surface area contributed by atoms with Crippen LogP contribution < -0.4 is 10.6 Å². The normalized spacial score (nSPS) is 23.8. The third-order valence-electron chi connectivity index (χ3n) is 5.19. The van der Waals surface area contributed by atoms with E-state index in [1.165, 1.54) is 0 Å². The van der Waals surface area contributed by atoms with Gasteiger partial charge in [0.15, 0.2) is 0 Å². The van der Waals surface area contributed by atoms with Gasteiger partial charge in [-0.15, -0.1) is 0 Å². The molecule has 0 radical (unpaired) electrons. The lowest BCUT2D eigenvalue weighted by Gasteiger charge is -2.37. The van der Waals surface area contributed by atoms with Crippen LogP contribution in [0, 0.1) is 5.92 Å². The van der Waals surface area contributed by atoms with Crippen LogP contribution in [0.5, 0.6) is 0 Å². The number of halogens is 1. The average Bonchev–Trinajstić information content (AvgIpc) is 2.97. The molecule has 0 bridgehead atoms. The van der Waals surface area contributed by atoms with Gasteiger partial charge in [0, 0.05) is 51.4 Å². The summed E-state index contributed by atoms with van der Waals surface area (Å²) in [7, 11) is 0. The third kappa shape index (κ3) is 3.49. The summed E-state index contributed by atoms with van der Waals surface area (Å²) in [5.41, 5.74) is 7.09. The molecule has 2 N–H and O–H groups in total. The minimum Gasteiger partial charge on any atom is -0.369 e. The Hall–Kier alpha value is -2.08. The highest BCUT2D eigenvalue weighted by Crippen LogP contribution is 2.42. The zero-order chi connectivity index (χ0) is 18.1. The summed E-state index contributed by atoms with van der Waals surface area (Å²) in [5.74, 6) is -1.07. The summed E-state index contributed by atoms with van der Waals surface area (Å²) in [6, 6.07) is 5.55. The quantitative estimate of drug-likeness (QED) is 0.883.